The van der Waals surface area contributed by atoms with Crippen molar-refractivity contribution in [3.63, 3.8) is 0 Å². The van der Waals surface area contributed by atoms with Crippen LogP contribution < -0.4 is 0 Å². The molecule has 0 saturated carbocycles. The van der Waals surface area contributed by atoms with Gasteiger partial charge in [0.2, 0.25) is 0 Å². The van der Waals surface area contributed by atoms with E-state index in [0.29, 0.717) is 0 Å². The first-order valence-corrected chi connectivity index (χ1v) is 1.61. The van der Waals surface area contributed by atoms with Crippen molar-refractivity contribution in [2.24, 2.45) is 0 Å². The summed E-state index contributed by atoms with van der Waals surface area (Å²) < 4.78 is 1.00. The second-order valence-corrected chi connectivity index (χ2v) is 0.951. The molecule has 0 aliphatic rings. The zero-order chi connectivity index (χ0) is 4.41. The smallest absolute Gasteiger partial charge is 0.153 e. The van der Waals surface area contributed by atoms with Crippen LogP contribution in [0.3, 0.4) is 0 Å². The van der Waals surface area contributed by atoms with Crippen molar-refractivity contribution in [2.45, 2.75) is 0 Å². The van der Waals surface area contributed by atoms with E-state index in [2.05, 4.69) is 5.10 Å². The van der Waals surface area contributed by atoms with E-state index in [1.54, 1.807) is 18.5 Å². The van der Waals surface area contributed by atoms with Crippen LogP contribution in [0.2, 0.25) is 0 Å². The average Bonchev–Trinajstić information content (AvgIpc) is 1.86. The molecule has 0 N–H and O–H groups in total. The minimum atomic E-state index is 1.00. The second kappa shape index (κ2) is 1.12. The summed E-state index contributed by atoms with van der Waals surface area (Å²) in [7, 11) is 6.68. The van der Waals surface area contributed by atoms with Crippen LogP contribution in [0.25, 0.3) is 0 Å². The Morgan fingerprint density at radius 1 is 1.67 bits per heavy atom. The molecular weight excluding hydrogens is 76.1 g/mol. The van der Waals surface area contributed by atoms with Crippen LogP contribution in [0, 0.1) is 7.05 Å². The van der Waals surface area contributed by atoms with Crippen LogP contribution in [0.15, 0.2) is 18.5 Å². The lowest BCUT2D eigenvalue weighted by atomic mass is 10.8. The van der Waals surface area contributed by atoms with Gasteiger partial charge < -0.3 is 0 Å². The topological polar surface area (TPSA) is 17.8 Å². The second-order valence-electron chi connectivity index (χ2n) is 0.951. The Labute approximate surface area is 36.4 Å². The molecule has 1 aromatic heterocycles. The maximum absolute atomic E-state index is 6.68. The van der Waals surface area contributed by atoms with Gasteiger partial charge in [0.25, 0.3) is 0 Å². The van der Waals surface area contributed by atoms with Crippen LogP contribution in [-0.2, 0) is 0 Å². The van der Waals surface area contributed by atoms with Crippen LogP contribution in [0.5, 0.6) is 0 Å². The fourth-order valence-electron chi connectivity index (χ4n) is 0.269. The van der Waals surface area contributed by atoms with Gasteiger partial charge in [0.05, 0.1) is 0 Å². The summed E-state index contributed by atoms with van der Waals surface area (Å²) >= 11 is 0. The Hall–Kier alpha value is -0.790. The number of aromatic nitrogens is 2. The molecular formula is C4H3N2. The third-order valence-electron chi connectivity index (χ3n) is 0.504. The SMILES string of the molecule is [C]n1cccn1. The molecule has 0 aliphatic carbocycles. The first-order chi connectivity index (χ1) is 2.89. The summed E-state index contributed by atoms with van der Waals surface area (Å²) in [6.07, 6.45) is 3.12. The van der Waals surface area contributed by atoms with Crippen LogP contribution in [0.4, 0.5) is 0 Å². The molecule has 0 unspecified atom stereocenters. The highest BCUT2D eigenvalue weighted by Crippen LogP contribution is 1.74. The average molecular weight is 79.1 g/mol. The molecule has 0 bridgehead atoms. The summed E-state index contributed by atoms with van der Waals surface area (Å²) in [4.78, 5) is 0. The third-order valence-corrected chi connectivity index (χ3v) is 0.504. The fraction of sp³-hybridized carbons (Fsp3) is 0. The van der Waals surface area contributed by atoms with E-state index in [9.17, 15) is 0 Å². The highest BCUT2D eigenvalue weighted by molar-refractivity contribution is 4.77. The molecule has 0 spiro atoms. The number of hydrogen-bond acceptors (Lipinski definition) is 1. The zero-order valence-electron chi connectivity index (χ0n) is 3.13. The van der Waals surface area contributed by atoms with Crippen molar-refractivity contribution < 1.29 is 0 Å². The molecule has 3 radical (unpaired) electrons. The maximum atomic E-state index is 6.68. The van der Waals surface area contributed by atoms with Gasteiger partial charge in [-0.1, -0.05) is 0 Å². The van der Waals surface area contributed by atoms with E-state index in [1.165, 1.54) is 0 Å². The molecule has 0 saturated heterocycles. The van der Waals surface area contributed by atoms with Crippen LogP contribution >= 0.6 is 0 Å². The first-order valence-electron chi connectivity index (χ1n) is 1.61. The summed E-state index contributed by atoms with van der Waals surface area (Å²) in [5, 5.41) is 3.50. The van der Waals surface area contributed by atoms with Crippen molar-refractivity contribution in [3.05, 3.63) is 25.5 Å². The standard InChI is InChI=1S/C4H3N2/c1-6-4-2-3-5-6/h2-4H. The molecule has 6 heavy (non-hydrogen) atoms. The summed E-state index contributed by atoms with van der Waals surface area (Å²) in [5.41, 5.74) is 0. The van der Waals surface area contributed by atoms with E-state index in [1.807, 2.05) is 0 Å². The molecule has 2 heteroatoms. The van der Waals surface area contributed by atoms with Gasteiger partial charge in [-0.2, -0.15) is 5.10 Å². The minimum Gasteiger partial charge on any atom is -0.259 e. The van der Waals surface area contributed by atoms with Gasteiger partial charge in [0.1, 0.15) is 0 Å². The predicted molar refractivity (Wildman–Crippen MR) is 20.9 cm³/mol. The highest BCUT2D eigenvalue weighted by atomic mass is 15.2. The molecule has 1 aromatic rings. The molecule has 2 nitrogen and oxygen atoms in total. The molecule has 29 valence electrons. The molecule has 0 fully saturated rings. The monoisotopic (exact) mass is 79.0 g/mol. The Bertz CT molecular complexity index is 109. The third kappa shape index (κ3) is 0.407. The first kappa shape index (κ1) is 3.40. The number of nitrogens with zero attached hydrogens (tertiary/aromatic N) is 2. The number of hydrogen-bond donors (Lipinski definition) is 0. The molecule has 1 rings (SSSR count). The predicted octanol–water partition coefficient (Wildman–Crippen LogP) is 0.277. The zero-order valence-corrected chi connectivity index (χ0v) is 3.13. The van der Waals surface area contributed by atoms with E-state index >= 15 is 0 Å². The highest BCUT2D eigenvalue weighted by Gasteiger charge is 1.71. The summed E-state index contributed by atoms with van der Waals surface area (Å²) in [6.45, 7) is 0. The molecule has 1 heterocycles. The van der Waals surface area contributed by atoms with Crippen molar-refractivity contribution in [2.75, 3.05) is 0 Å². The van der Waals surface area contributed by atoms with Crippen molar-refractivity contribution in [3.8, 4) is 0 Å². The summed E-state index contributed by atoms with van der Waals surface area (Å²) in [5.74, 6) is 0. The van der Waals surface area contributed by atoms with Gasteiger partial charge in [-0.25, -0.2) is 0 Å². The van der Waals surface area contributed by atoms with Gasteiger partial charge in [-0.05, 0) is 6.07 Å². The minimum absolute atomic E-state index is 1.00. The van der Waals surface area contributed by atoms with Crippen molar-refractivity contribution in [1.82, 2.24) is 9.78 Å². The summed E-state index contributed by atoms with van der Waals surface area (Å²) in [6, 6.07) is 1.70. The Morgan fingerprint density at radius 2 is 2.50 bits per heavy atom. The largest absolute Gasteiger partial charge is 0.259 e. The molecule has 0 aromatic carbocycles. The van der Waals surface area contributed by atoms with Crippen molar-refractivity contribution in [1.29, 1.82) is 0 Å². The molecule has 0 aliphatic heterocycles. The van der Waals surface area contributed by atoms with E-state index in [0.717, 1.165) is 4.68 Å². The van der Waals surface area contributed by atoms with Gasteiger partial charge in [0, 0.05) is 12.4 Å². The van der Waals surface area contributed by atoms with Gasteiger partial charge in [-0.3, -0.25) is 4.68 Å². The van der Waals surface area contributed by atoms with Crippen LogP contribution in [-0.4, -0.2) is 9.78 Å². The lowest BCUT2D eigenvalue weighted by Gasteiger charge is -1.74. The molecule has 0 amide bonds. The van der Waals surface area contributed by atoms with E-state index in [4.69, 9.17) is 7.05 Å². The quantitative estimate of drug-likeness (QED) is 0.436. The Kier molecular flexibility index (Phi) is 0.638. The lowest BCUT2D eigenvalue weighted by Crippen LogP contribution is -1.79. The van der Waals surface area contributed by atoms with Gasteiger partial charge >= 0.3 is 0 Å². The van der Waals surface area contributed by atoms with E-state index < -0.39 is 0 Å². The number of rotatable bonds is 0. The van der Waals surface area contributed by atoms with Crippen molar-refractivity contribution >= 4 is 0 Å². The van der Waals surface area contributed by atoms with Gasteiger partial charge in [0.15, 0.2) is 7.05 Å². The molecule has 0 atom stereocenters. The Morgan fingerprint density at radius 3 is 2.67 bits per heavy atom. The van der Waals surface area contributed by atoms with Crippen LogP contribution in [0.1, 0.15) is 0 Å². The fourth-order valence-corrected chi connectivity index (χ4v) is 0.269. The Balaban J connectivity index is 3.05. The van der Waals surface area contributed by atoms with Gasteiger partial charge in [-0.15, -0.1) is 0 Å². The maximum Gasteiger partial charge on any atom is 0.153 e. The lowest BCUT2D eigenvalue weighted by molar-refractivity contribution is 0.877. The normalized spacial score (nSPS) is 8.83. The van der Waals surface area contributed by atoms with E-state index in [-0.39, 0.29) is 0 Å².